The van der Waals surface area contributed by atoms with Crippen molar-refractivity contribution in [1.29, 1.82) is 0 Å². The smallest absolute Gasteiger partial charge is 0.407 e. The first-order valence-corrected chi connectivity index (χ1v) is 17.8. The molecule has 0 spiro atoms. The highest BCUT2D eigenvalue weighted by atomic mass is 32.3. The van der Waals surface area contributed by atoms with Gasteiger partial charge in [-0.2, -0.15) is 10.6 Å². The van der Waals surface area contributed by atoms with Crippen LogP contribution in [0.5, 0.6) is 0 Å². The summed E-state index contributed by atoms with van der Waals surface area (Å²) in [5, 5.41) is 12.8. The third-order valence-corrected chi connectivity index (χ3v) is 11.2. The van der Waals surface area contributed by atoms with Crippen LogP contribution in [-0.4, -0.2) is 64.3 Å². The van der Waals surface area contributed by atoms with E-state index < -0.39 is 52.4 Å². The molecule has 2 aromatic heterocycles. The van der Waals surface area contributed by atoms with Crippen LogP contribution in [0.3, 0.4) is 0 Å². The zero-order chi connectivity index (χ0) is 33.9. The number of carbonyl (C=O) groups is 1. The number of hydrogen-bond donors (Lipinski definition) is 4. The summed E-state index contributed by atoms with van der Waals surface area (Å²) < 4.78 is 68.8. The summed E-state index contributed by atoms with van der Waals surface area (Å²) in [7, 11) is -2.66. The lowest BCUT2D eigenvalue weighted by atomic mass is 9.87. The van der Waals surface area contributed by atoms with E-state index in [1.54, 1.807) is 23.6 Å². The van der Waals surface area contributed by atoms with Crippen LogP contribution in [0.1, 0.15) is 80.5 Å². The molecule has 0 aliphatic carbocycles. The van der Waals surface area contributed by atoms with E-state index in [4.69, 9.17) is 5.11 Å². The molecule has 2 aliphatic heterocycles. The Hall–Kier alpha value is -3.62. The van der Waals surface area contributed by atoms with E-state index in [1.807, 2.05) is 0 Å². The fourth-order valence-corrected chi connectivity index (χ4v) is 8.21. The quantitative estimate of drug-likeness (QED) is 0.120. The predicted octanol–water partition coefficient (Wildman–Crippen LogP) is 7.57. The SMILES string of the molecule is C=CCCCn1c(=O)c(C2CCS(O)(O)CC2)cc2c(NC(C)c3cccc(C(F)(F)CC4CCN(C(=O)O)CC4)c3F)ncnc21. The number of fused-ring (bicyclic) bond motifs is 1. The first-order chi connectivity index (χ1) is 22.3. The highest BCUT2D eigenvalue weighted by Gasteiger charge is 2.39. The van der Waals surface area contributed by atoms with Crippen molar-refractivity contribution in [2.75, 3.05) is 29.9 Å². The Balaban J connectivity index is 1.44. The molecule has 1 atom stereocenters. The summed E-state index contributed by atoms with van der Waals surface area (Å²) in [6.45, 7) is 6.10. The van der Waals surface area contributed by atoms with Gasteiger partial charge in [-0.25, -0.2) is 27.9 Å². The number of pyridine rings is 1. The van der Waals surface area contributed by atoms with Gasteiger partial charge in [0.1, 0.15) is 23.6 Å². The molecule has 4 heterocycles. The fraction of sp³-hybridized carbons (Fsp3) is 0.515. The number of piperidine rings is 1. The average Bonchev–Trinajstić information content (AvgIpc) is 3.02. The van der Waals surface area contributed by atoms with Gasteiger partial charge in [-0.05, 0) is 63.4 Å². The van der Waals surface area contributed by atoms with Crippen LogP contribution in [0.15, 0.2) is 48.0 Å². The minimum absolute atomic E-state index is 0.0200. The second-order valence-electron chi connectivity index (χ2n) is 12.6. The molecule has 47 heavy (non-hydrogen) atoms. The van der Waals surface area contributed by atoms with Gasteiger partial charge >= 0.3 is 6.09 Å². The lowest BCUT2D eigenvalue weighted by Crippen LogP contribution is -2.38. The molecule has 3 aromatic rings. The summed E-state index contributed by atoms with van der Waals surface area (Å²) in [5.41, 5.74) is -0.0109. The maximum Gasteiger partial charge on any atom is 0.407 e. The number of nitrogens with zero attached hydrogens (tertiary/aromatic N) is 4. The van der Waals surface area contributed by atoms with Crippen molar-refractivity contribution < 1.29 is 32.2 Å². The maximum absolute atomic E-state index is 15.9. The first-order valence-electron chi connectivity index (χ1n) is 16.0. The van der Waals surface area contributed by atoms with E-state index in [2.05, 4.69) is 21.9 Å². The van der Waals surface area contributed by atoms with Gasteiger partial charge in [0.05, 0.1) is 17.0 Å². The van der Waals surface area contributed by atoms with Gasteiger partial charge < -0.3 is 15.3 Å². The standard InChI is InChI=1S/C33H42F3N5O5S/c1-3-4-5-13-41-30-26(18-25(31(41)42)23-11-16-47(45,46)17-12-23)29(37-20-38-30)39-21(2)24-7-6-8-27(28(24)34)33(35,36)19-22-9-14-40(15-10-22)32(43)44/h3,6-8,18,20-23,45-46H,1,4-5,9-17,19H2,2H3,(H,43,44)(H,37,38,39). The van der Waals surface area contributed by atoms with Crippen LogP contribution in [0.4, 0.5) is 23.8 Å². The molecule has 14 heteroatoms. The number of allylic oxidation sites excluding steroid dienone is 1. The summed E-state index contributed by atoms with van der Waals surface area (Å²) in [6.07, 6.45) is 4.17. The van der Waals surface area contributed by atoms with Crippen LogP contribution >= 0.6 is 10.6 Å². The van der Waals surface area contributed by atoms with E-state index in [-0.39, 0.29) is 54.5 Å². The number of aryl methyl sites for hydroxylation is 1. The molecule has 4 N–H and O–H groups in total. The summed E-state index contributed by atoms with van der Waals surface area (Å²) >= 11 is 0. The lowest BCUT2D eigenvalue weighted by Gasteiger charge is -2.39. The fourth-order valence-electron chi connectivity index (χ4n) is 6.68. The van der Waals surface area contributed by atoms with Gasteiger partial charge in [0.25, 0.3) is 11.5 Å². The van der Waals surface area contributed by atoms with Gasteiger partial charge in [0.2, 0.25) is 0 Å². The third kappa shape index (κ3) is 7.76. The van der Waals surface area contributed by atoms with Gasteiger partial charge in [-0.3, -0.25) is 18.5 Å². The Morgan fingerprint density at radius 1 is 1.19 bits per heavy atom. The number of carboxylic acid groups (broad SMARTS) is 1. The number of nitrogens with one attached hydrogen (secondary N) is 1. The van der Waals surface area contributed by atoms with Crippen molar-refractivity contribution in [3.8, 4) is 0 Å². The molecule has 0 saturated carbocycles. The molecule has 1 aromatic carbocycles. The molecule has 0 bridgehead atoms. The zero-order valence-corrected chi connectivity index (χ0v) is 27.2. The van der Waals surface area contributed by atoms with E-state index in [0.29, 0.717) is 54.6 Å². The number of hydrogen-bond acceptors (Lipinski definition) is 7. The van der Waals surface area contributed by atoms with Crippen molar-refractivity contribution in [3.63, 3.8) is 0 Å². The number of halogens is 3. The van der Waals surface area contributed by atoms with Gasteiger partial charge in [-0.1, -0.05) is 24.3 Å². The number of aromatic nitrogens is 3. The predicted molar refractivity (Wildman–Crippen MR) is 177 cm³/mol. The molecule has 2 saturated heterocycles. The Kier molecular flexibility index (Phi) is 10.5. The van der Waals surface area contributed by atoms with Crippen molar-refractivity contribution in [3.05, 3.63) is 76.1 Å². The summed E-state index contributed by atoms with van der Waals surface area (Å²) in [6, 6.07) is 4.85. The molecule has 1 unspecified atom stereocenters. The monoisotopic (exact) mass is 677 g/mol. The van der Waals surface area contributed by atoms with E-state index >= 15 is 13.2 Å². The highest BCUT2D eigenvalue weighted by Crippen LogP contribution is 2.48. The van der Waals surface area contributed by atoms with E-state index in [1.165, 1.54) is 23.4 Å². The van der Waals surface area contributed by atoms with Crippen molar-refractivity contribution in [2.24, 2.45) is 5.92 Å². The zero-order valence-electron chi connectivity index (χ0n) is 26.4. The first kappa shape index (κ1) is 34.7. The molecule has 10 nitrogen and oxygen atoms in total. The molecule has 5 rings (SSSR count). The summed E-state index contributed by atoms with van der Waals surface area (Å²) in [5.74, 6) is -4.40. The van der Waals surface area contributed by atoms with Crippen LogP contribution in [-0.2, 0) is 12.5 Å². The van der Waals surface area contributed by atoms with Crippen LogP contribution in [0.25, 0.3) is 11.0 Å². The second-order valence-corrected chi connectivity index (χ2v) is 15.0. The minimum atomic E-state index is -3.46. The normalized spacial score (nSPS) is 19.0. The molecule has 256 valence electrons. The van der Waals surface area contributed by atoms with Crippen LogP contribution in [0, 0.1) is 11.7 Å². The average molecular weight is 678 g/mol. The van der Waals surface area contributed by atoms with Gasteiger partial charge in [0.15, 0.2) is 0 Å². The lowest BCUT2D eigenvalue weighted by molar-refractivity contribution is -0.0392. The van der Waals surface area contributed by atoms with Crippen molar-refractivity contribution in [1.82, 2.24) is 19.4 Å². The van der Waals surface area contributed by atoms with Crippen molar-refractivity contribution in [2.45, 2.75) is 76.3 Å². The molecular weight excluding hydrogens is 635 g/mol. The van der Waals surface area contributed by atoms with Crippen molar-refractivity contribution >= 4 is 33.5 Å². The number of anilines is 1. The van der Waals surface area contributed by atoms with Gasteiger partial charge in [0, 0.05) is 48.7 Å². The number of unbranched alkanes of at least 4 members (excludes halogenated alkanes) is 1. The summed E-state index contributed by atoms with van der Waals surface area (Å²) in [4.78, 5) is 34.9. The number of benzene rings is 1. The number of alkyl halides is 2. The highest BCUT2D eigenvalue weighted by molar-refractivity contribution is 8.24. The maximum atomic E-state index is 15.9. The molecule has 2 fully saturated rings. The molecule has 0 radical (unpaired) electrons. The van der Waals surface area contributed by atoms with Crippen LogP contribution in [0.2, 0.25) is 0 Å². The van der Waals surface area contributed by atoms with E-state index in [0.717, 1.165) is 6.07 Å². The number of rotatable bonds is 11. The Labute approximate surface area is 273 Å². The topological polar surface area (TPSA) is 141 Å². The Morgan fingerprint density at radius 2 is 1.89 bits per heavy atom. The van der Waals surface area contributed by atoms with Gasteiger partial charge in [-0.15, -0.1) is 6.58 Å². The third-order valence-electron chi connectivity index (χ3n) is 9.40. The van der Waals surface area contributed by atoms with Crippen LogP contribution < -0.4 is 10.9 Å². The van der Waals surface area contributed by atoms with E-state index in [9.17, 15) is 18.7 Å². The number of likely N-dealkylation sites (tertiary alicyclic amines) is 1. The molecular formula is C33H42F3N5O5S. The minimum Gasteiger partial charge on any atom is -0.465 e. The second kappa shape index (κ2) is 14.2. The Morgan fingerprint density at radius 3 is 2.55 bits per heavy atom. The number of amides is 1. The molecule has 2 aliphatic rings. The molecule has 1 amide bonds. The largest absolute Gasteiger partial charge is 0.465 e. The Bertz CT molecular complexity index is 1670.